The van der Waals surface area contributed by atoms with Gasteiger partial charge in [-0.1, -0.05) is 17.8 Å². The standard InChI is InChI=1S/C20H20N4O2S2/c1-11-12(2)22-17-7-6-14(9-16(11)17)19-23-24-20(26-19)28-13(3)18(25)21-10-15-5-4-8-27-15/h4-9,13,22H,10H2,1-3H3,(H,21,25). The van der Waals surface area contributed by atoms with Crippen LogP contribution in [0.2, 0.25) is 0 Å². The van der Waals surface area contributed by atoms with E-state index in [-0.39, 0.29) is 11.2 Å². The topological polar surface area (TPSA) is 83.8 Å². The highest BCUT2D eigenvalue weighted by Gasteiger charge is 2.19. The Morgan fingerprint density at radius 3 is 2.96 bits per heavy atom. The number of hydrogen-bond acceptors (Lipinski definition) is 6. The Balaban J connectivity index is 1.43. The molecular formula is C20H20N4O2S2. The Labute approximate surface area is 170 Å². The SMILES string of the molecule is Cc1[nH]c2ccc(-c3nnc(SC(C)C(=O)NCc4cccs4)o3)cc2c1C. The van der Waals surface area contributed by atoms with Crippen molar-refractivity contribution in [2.75, 3.05) is 0 Å². The van der Waals surface area contributed by atoms with E-state index >= 15 is 0 Å². The second-order valence-electron chi connectivity index (χ2n) is 6.57. The molecule has 0 saturated carbocycles. The molecule has 3 aromatic heterocycles. The fourth-order valence-electron chi connectivity index (χ4n) is 2.90. The number of H-pyrrole nitrogens is 1. The number of fused-ring (bicyclic) bond motifs is 1. The lowest BCUT2D eigenvalue weighted by Crippen LogP contribution is -2.30. The fourth-order valence-corrected chi connectivity index (χ4v) is 4.26. The molecule has 1 amide bonds. The molecule has 0 radical (unpaired) electrons. The molecule has 1 unspecified atom stereocenters. The maximum absolute atomic E-state index is 12.3. The van der Waals surface area contributed by atoms with Gasteiger partial charge in [0.1, 0.15) is 0 Å². The zero-order valence-electron chi connectivity index (χ0n) is 15.8. The molecule has 0 saturated heterocycles. The van der Waals surface area contributed by atoms with Gasteiger partial charge in [-0.2, -0.15) is 0 Å². The molecule has 1 aromatic carbocycles. The van der Waals surface area contributed by atoms with Crippen LogP contribution in [0.25, 0.3) is 22.4 Å². The normalized spacial score (nSPS) is 12.4. The van der Waals surface area contributed by atoms with Gasteiger partial charge in [-0.05, 0) is 56.0 Å². The zero-order valence-corrected chi connectivity index (χ0v) is 17.4. The summed E-state index contributed by atoms with van der Waals surface area (Å²) in [7, 11) is 0. The van der Waals surface area contributed by atoms with Crippen LogP contribution in [-0.2, 0) is 11.3 Å². The molecule has 1 atom stereocenters. The Morgan fingerprint density at radius 1 is 1.32 bits per heavy atom. The number of amides is 1. The first kappa shape index (κ1) is 18.8. The summed E-state index contributed by atoms with van der Waals surface area (Å²) in [6.45, 7) is 6.51. The molecule has 0 spiro atoms. The van der Waals surface area contributed by atoms with E-state index in [1.165, 1.54) is 17.3 Å². The third kappa shape index (κ3) is 3.83. The van der Waals surface area contributed by atoms with E-state index in [1.807, 2.05) is 42.6 Å². The van der Waals surface area contributed by atoms with Crippen molar-refractivity contribution in [2.45, 2.75) is 37.8 Å². The number of aromatic amines is 1. The van der Waals surface area contributed by atoms with Crippen LogP contribution >= 0.6 is 23.1 Å². The summed E-state index contributed by atoms with van der Waals surface area (Å²) in [4.78, 5) is 16.8. The van der Waals surface area contributed by atoms with E-state index in [0.29, 0.717) is 17.7 Å². The van der Waals surface area contributed by atoms with Crippen LogP contribution in [0.4, 0.5) is 0 Å². The number of aromatic nitrogens is 3. The van der Waals surface area contributed by atoms with Gasteiger partial charge in [0.2, 0.25) is 11.8 Å². The molecule has 0 aliphatic heterocycles. The number of hydrogen-bond donors (Lipinski definition) is 2. The summed E-state index contributed by atoms with van der Waals surface area (Å²) >= 11 is 2.88. The maximum atomic E-state index is 12.3. The predicted molar refractivity (Wildman–Crippen MR) is 113 cm³/mol. The van der Waals surface area contributed by atoms with Crippen LogP contribution < -0.4 is 5.32 Å². The summed E-state index contributed by atoms with van der Waals surface area (Å²) in [5.74, 6) is 0.395. The molecule has 144 valence electrons. The first-order chi connectivity index (χ1) is 13.5. The molecule has 0 bridgehead atoms. The molecule has 2 N–H and O–H groups in total. The Morgan fingerprint density at radius 2 is 2.18 bits per heavy atom. The van der Waals surface area contributed by atoms with E-state index in [9.17, 15) is 4.79 Å². The van der Waals surface area contributed by atoms with Crippen LogP contribution in [0.1, 0.15) is 23.1 Å². The van der Waals surface area contributed by atoms with Gasteiger partial charge in [-0.25, -0.2) is 0 Å². The van der Waals surface area contributed by atoms with Gasteiger partial charge in [0.15, 0.2) is 0 Å². The minimum atomic E-state index is -0.328. The molecular weight excluding hydrogens is 392 g/mol. The second-order valence-corrected chi connectivity index (χ2v) is 8.89. The molecule has 0 aliphatic rings. The first-order valence-corrected chi connectivity index (χ1v) is 10.7. The zero-order chi connectivity index (χ0) is 19.7. The summed E-state index contributed by atoms with van der Waals surface area (Å²) < 4.78 is 5.79. The third-order valence-corrected chi connectivity index (χ3v) is 6.44. The summed E-state index contributed by atoms with van der Waals surface area (Å²) in [5.41, 5.74) is 4.31. The lowest BCUT2D eigenvalue weighted by molar-refractivity contribution is -0.120. The number of carbonyl (C=O) groups is 1. The summed E-state index contributed by atoms with van der Waals surface area (Å²) in [6, 6.07) is 9.99. The largest absolute Gasteiger partial charge is 0.411 e. The first-order valence-electron chi connectivity index (χ1n) is 8.91. The van der Waals surface area contributed by atoms with Crippen molar-refractivity contribution in [1.82, 2.24) is 20.5 Å². The molecule has 4 rings (SSSR count). The molecule has 8 heteroatoms. The number of thiophene rings is 1. The predicted octanol–water partition coefficient (Wildman–Crippen LogP) is 4.69. The van der Waals surface area contributed by atoms with Gasteiger partial charge in [0, 0.05) is 27.0 Å². The van der Waals surface area contributed by atoms with Crippen LogP contribution in [0, 0.1) is 13.8 Å². The van der Waals surface area contributed by atoms with E-state index in [4.69, 9.17) is 4.42 Å². The average molecular weight is 413 g/mol. The van der Waals surface area contributed by atoms with Gasteiger partial charge in [0.25, 0.3) is 5.22 Å². The lowest BCUT2D eigenvalue weighted by atomic mass is 10.1. The molecule has 28 heavy (non-hydrogen) atoms. The number of thioether (sulfide) groups is 1. The van der Waals surface area contributed by atoms with Gasteiger partial charge >= 0.3 is 0 Å². The van der Waals surface area contributed by atoms with Crippen LogP contribution in [-0.4, -0.2) is 26.3 Å². The number of carbonyl (C=O) groups excluding carboxylic acids is 1. The van der Waals surface area contributed by atoms with E-state index in [2.05, 4.69) is 34.3 Å². The summed E-state index contributed by atoms with van der Waals surface area (Å²) in [5, 5.41) is 14.4. The van der Waals surface area contributed by atoms with Crippen LogP contribution in [0.5, 0.6) is 0 Å². The Hall–Kier alpha value is -2.58. The average Bonchev–Trinajstić information content (AvgIpc) is 3.42. The van der Waals surface area contributed by atoms with Gasteiger partial charge in [-0.3, -0.25) is 4.79 Å². The maximum Gasteiger partial charge on any atom is 0.277 e. The summed E-state index contributed by atoms with van der Waals surface area (Å²) in [6.07, 6.45) is 0. The van der Waals surface area contributed by atoms with E-state index < -0.39 is 0 Å². The van der Waals surface area contributed by atoms with Crippen LogP contribution in [0.3, 0.4) is 0 Å². The quantitative estimate of drug-likeness (QED) is 0.449. The number of nitrogens with zero attached hydrogens (tertiary/aromatic N) is 2. The molecule has 0 fully saturated rings. The highest BCUT2D eigenvalue weighted by atomic mass is 32.2. The van der Waals surface area contributed by atoms with Gasteiger partial charge in [-0.15, -0.1) is 21.5 Å². The Bertz CT molecular complexity index is 1110. The number of aryl methyl sites for hydroxylation is 2. The highest BCUT2D eigenvalue weighted by Crippen LogP contribution is 2.30. The van der Waals surface area contributed by atoms with Crippen molar-refractivity contribution >= 4 is 39.9 Å². The number of benzene rings is 1. The second kappa shape index (κ2) is 7.81. The smallest absolute Gasteiger partial charge is 0.277 e. The van der Waals surface area contributed by atoms with Crippen molar-refractivity contribution in [3.8, 4) is 11.5 Å². The minimum Gasteiger partial charge on any atom is -0.411 e. The molecule has 0 aliphatic carbocycles. The van der Waals surface area contributed by atoms with E-state index in [1.54, 1.807) is 11.3 Å². The molecule has 6 nitrogen and oxygen atoms in total. The minimum absolute atomic E-state index is 0.0574. The Kier molecular flexibility index (Phi) is 5.23. The number of rotatable bonds is 6. The van der Waals surface area contributed by atoms with Crippen molar-refractivity contribution in [3.05, 3.63) is 51.8 Å². The lowest BCUT2D eigenvalue weighted by Gasteiger charge is -2.08. The third-order valence-electron chi connectivity index (χ3n) is 4.63. The number of nitrogens with one attached hydrogen (secondary N) is 2. The monoisotopic (exact) mass is 412 g/mol. The van der Waals surface area contributed by atoms with Gasteiger partial charge < -0.3 is 14.7 Å². The molecule has 3 heterocycles. The van der Waals surface area contributed by atoms with Crippen molar-refractivity contribution in [3.63, 3.8) is 0 Å². The molecule has 4 aromatic rings. The van der Waals surface area contributed by atoms with Crippen LogP contribution in [0.15, 0.2) is 45.4 Å². The van der Waals surface area contributed by atoms with E-state index in [0.717, 1.165) is 27.0 Å². The van der Waals surface area contributed by atoms with Crippen molar-refractivity contribution in [2.24, 2.45) is 0 Å². The highest BCUT2D eigenvalue weighted by molar-refractivity contribution is 8.00. The fraction of sp³-hybridized carbons (Fsp3) is 0.250. The van der Waals surface area contributed by atoms with Crippen molar-refractivity contribution in [1.29, 1.82) is 0 Å². The van der Waals surface area contributed by atoms with Crippen molar-refractivity contribution < 1.29 is 9.21 Å². The van der Waals surface area contributed by atoms with Gasteiger partial charge in [0.05, 0.1) is 11.8 Å².